The zero-order chi connectivity index (χ0) is 24.4. The van der Waals surface area contributed by atoms with Crippen LogP contribution in [0.2, 0.25) is 0 Å². The van der Waals surface area contributed by atoms with Crippen molar-refractivity contribution < 1.29 is 4.52 Å². The highest BCUT2D eigenvalue weighted by Gasteiger charge is 2.22. The molecular formula is C31H39NOS. The van der Waals surface area contributed by atoms with Crippen LogP contribution in [0.3, 0.4) is 0 Å². The topological polar surface area (TPSA) is 26.0 Å². The second kappa shape index (κ2) is 10.5. The molecule has 0 saturated carbocycles. The van der Waals surface area contributed by atoms with Crippen molar-refractivity contribution in [2.75, 3.05) is 0 Å². The average molecular weight is 474 g/mol. The molecule has 0 saturated heterocycles. The smallest absolute Gasteiger partial charge is 0.137 e. The lowest BCUT2D eigenvalue weighted by Gasteiger charge is -2.25. The van der Waals surface area contributed by atoms with Crippen molar-refractivity contribution in [3.05, 3.63) is 87.1 Å². The summed E-state index contributed by atoms with van der Waals surface area (Å²) in [6, 6.07) is 18.4. The molecule has 2 aromatic carbocycles. The molecule has 0 N–H and O–H groups in total. The van der Waals surface area contributed by atoms with Crippen LogP contribution < -0.4 is 0 Å². The summed E-state index contributed by atoms with van der Waals surface area (Å²) < 4.78 is 6.84. The Morgan fingerprint density at radius 2 is 1.68 bits per heavy atom. The first kappa shape index (κ1) is 24.7. The van der Waals surface area contributed by atoms with Gasteiger partial charge in [0.25, 0.3) is 0 Å². The molecule has 0 aliphatic rings. The van der Waals surface area contributed by atoms with E-state index >= 15 is 0 Å². The number of hydrogen-bond acceptors (Lipinski definition) is 3. The van der Waals surface area contributed by atoms with Crippen LogP contribution in [0, 0.1) is 19.8 Å². The summed E-state index contributed by atoms with van der Waals surface area (Å²) in [7, 11) is 0. The molecule has 3 atom stereocenters. The summed E-state index contributed by atoms with van der Waals surface area (Å²) in [6.45, 7) is 15.8. The maximum absolute atomic E-state index is 5.45. The van der Waals surface area contributed by atoms with Gasteiger partial charge in [0.1, 0.15) is 5.76 Å². The first-order valence-corrected chi connectivity index (χ1v) is 13.6. The fourth-order valence-corrected chi connectivity index (χ4v) is 6.82. The molecule has 2 nitrogen and oxygen atoms in total. The zero-order valence-electron chi connectivity index (χ0n) is 21.8. The Balaban J connectivity index is 1.65. The van der Waals surface area contributed by atoms with E-state index in [1.54, 1.807) is 5.56 Å². The Labute approximate surface area is 209 Å². The normalized spacial score (nSPS) is 14.6. The number of fused-ring (bicyclic) bond motifs is 1. The van der Waals surface area contributed by atoms with Crippen LogP contribution >= 0.6 is 11.3 Å². The van der Waals surface area contributed by atoms with E-state index in [1.165, 1.54) is 38.1 Å². The number of rotatable bonds is 9. The molecule has 3 unspecified atom stereocenters. The van der Waals surface area contributed by atoms with E-state index in [0.29, 0.717) is 23.7 Å². The third-order valence-corrected chi connectivity index (χ3v) is 8.78. The first-order valence-electron chi connectivity index (χ1n) is 12.8. The van der Waals surface area contributed by atoms with Gasteiger partial charge in [-0.3, -0.25) is 0 Å². The van der Waals surface area contributed by atoms with Gasteiger partial charge in [-0.15, -0.1) is 11.3 Å². The van der Waals surface area contributed by atoms with Gasteiger partial charge in [0.15, 0.2) is 0 Å². The summed E-state index contributed by atoms with van der Waals surface area (Å²) in [5.41, 5.74) is 6.76. The molecular weight excluding hydrogens is 434 g/mol. The minimum Gasteiger partial charge on any atom is -0.361 e. The Morgan fingerprint density at radius 1 is 0.912 bits per heavy atom. The third-order valence-electron chi connectivity index (χ3n) is 7.43. The van der Waals surface area contributed by atoms with Gasteiger partial charge in [0.2, 0.25) is 0 Å². The van der Waals surface area contributed by atoms with Gasteiger partial charge in [-0.1, -0.05) is 76.2 Å². The van der Waals surface area contributed by atoms with Crippen LogP contribution in [-0.4, -0.2) is 5.16 Å². The molecule has 0 aliphatic heterocycles. The quantitative estimate of drug-likeness (QED) is 0.242. The van der Waals surface area contributed by atoms with Crippen molar-refractivity contribution in [2.45, 2.75) is 85.5 Å². The number of aromatic nitrogens is 1. The molecule has 3 heteroatoms. The van der Waals surface area contributed by atoms with Gasteiger partial charge in [0.05, 0.1) is 5.69 Å². The summed E-state index contributed by atoms with van der Waals surface area (Å²) in [6.07, 6.45) is 3.27. The Hall–Kier alpha value is -2.39. The van der Waals surface area contributed by atoms with Crippen molar-refractivity contribution in [3.8, 4) is 0 Å². The monoisotopic (exact) mass is 473 g/mol. The molecule has 2 aromatic heterocycles. The van der Waals surface area contributed by atoms with Crippen LogP contribution in [0.5, 0.6) is 0 Å². The van der Waals surface area contributed by atoms with E-state index in [1.807, 2.05) is 18.3 Å². The molecule has 0 fully saturated rings. The van der Waals surface area contributed by atoms with Crippen molar-refractivity contribution in [1.82, 2.24) is 5.16 Å². The lowest BCUT2D eigenvalue weighted by molar-refractivity contribution is 0.391. The molecule has 0 spiro atoms. The van der Waals surface area contributed by atoms with Crippen LogP contribution in [0.4, 0.5) is 0 Å². The first-order chi connectivity index (χ1) is 16.3. The van der Waals surface area contributed by atoms with Gasteiger partial charge in [-0.2, -0.15) is 0 Å². The lowest BCUT2D eigenvalue weighted by atomic mass is 9.80. The zero-order valence-corrected chi connectivity index (χ0v) is 22.6. The molecule has 4 aromatic rings. The van der Waals surface area contributed by atoms with E-state index in [-0.39, 0.29) is 0 Å². The average Bonchev–Trinajstić information content (AvgIpc) is 3.38. The minimum absolute atomic E-state index is 0.386. The van der Waals surface area contributed by atoms with Gasteiger partial charge in [-0.25, -0.2) is 0 Å². The second-order valence-electron chi connectivity index (χ2n) is 10.4. The van der Waals surface area contributed by atoms with Crippen LogP contribution in [0.1, 0.15) is 97.4 Å². The van der Waals surface area contributed by atoms with Crippen LogP contribution in [0.25, 0.3) is 10.1 Å². The second-order valence-corrected chi connectivity index (χ2v) is 11.5. The van der Waals surface area contributed by atoms with Crippen LogP contribution in [-0.2, 0) is 12.8 Å². The maximum Gasteiger partial charge on any atom is 0.137 e. The van der Waals surface area contributed by atoms with E-state index in [0.717, 1.165) is 24.3 Å². The molecule has 0 aliphatic carbocycles. The van der Waals surface area contributed by atoms with E-state index in [2.05, 4.69) is 95.2 Å². The van der Waals surface area contributed by atoms with Crippen molar-refractivity contribution in [1.29, 1.82) is 0 Å². The third kappa shape index (κ3) is 5.15. The number of benzene rings is 2. The molecule has 2 heterocycles. The SMILES string of the molecule is CCC(c1ccc(CC(C)c2c(C)noc2C)cc1CC(C)c1cc2ccccc2s1)C(C)C. The standard InChI is InChI=1S/C31H39NOS/c1-8-27(19(2)3)28-14-13-24(15-21(5)31-22(6)32-33-23(31)7)17-26(28)16-20(4)30-18-25-11-9-10-12-29(25)34-30/h9-14,17-21,27H,8,15-16H2,1-7H3. The summed E-state index contributed by atoms with van der Waals surface area (Å²) >= 11 is 1.95. The predicted octanol–water partition coefficient (Wildman–Crippen LogP) is 9.35. The van der Waals surface area contributed by atoms with Crippen molar-refractivity contribution in [2.24, 2.45) is 5.92 Å². The fraction of sp³-hybridized carbons (Fsp3) is 0.452. The van der Waals surface area contributed by atoms with Crippen molar-refractivity contribution >= 4 is 21.4 Å². The van der Waals surface area contributed by atoms with Gasteiger partial charge >= 0.3 is 0 Å². The number of hydrogen-bond donors (Lipinski definition) is 0. The predicted molar refractivity (Wildman–Crippen MR) is 146 cm³/mol. The lowest BCUT2D eigenvalue weighted by Crippen LogP contribution is -2.11. The Kier molecular flexibility index (Phi) is 7.62. The molecule has 180 valence electrons. The number of aryl methyl sites for hydroxylation is 2. The van der Waals surface area contributed by atoms with Crippen molar-refractivity contribution in [3.63, 3.8) is 0 Å². The fourth-order valence-electron chi connectivity index (χ4n) is 5.70. The summed E-state index contributed by atoms with van der Waals surface area (Å²) in [5, 5.41) is 5.55. The van der Waals surface area contributed by atoms with Crippen LogP contribution in [0.15, 0.2) is 53.1 Å². The van der Waals surface area contributed by atoms with Gasteiger partial charge in [0, 0.05) is 15.1 Å². The molecule has 0 bridgehead atoms. The van der Waals surface area contributed by atoms with E-state index in [9.17, 15) is 0 Å². The molecule has 34 heavy (non-hydrogen) atoms. The van der Waals surface area contributed by atoms with E-state index < -0.39 is 0 Å². The van der Waals surface area contributed by atoms with E-state index in [4.69, 9.17) is 4.52 Å². The highest BCUT2D eigenvalue weighted by molar-refractivity contribution is 7.19. The number of nitrogens with zero attached hydrogens (tertiary/aromatic N) is 1. The summed E-state index contributed by atoms with van der Waals surface area (Å²) in [4.78, 5) is 1.49. The highest BCUT2D eigenvalue weighted by Crippen LogP contribution is 2.37. The minimum atomic E-state index is 0.386. The maximum atomic E-state index is 5.45. The highest BCUT2D eigenvalue weighted by atomic mass is 32.1. The van der Waals surface area contributed by atoms with Gasteiger partial charge < -0.3 is 4.52 Å². The Bertz CT molecular complexity index is 1200. The molecule has 4 rings (SSSR count). The largest absolute Gasteiger partial charge is 0.361 e. The number of thiophene rings is 1. The summed E-state index contributed by atoms with van der Waals surface area (Å²) in [5.74, 6) is 3.06. The Morgan fingerprint density at radius 3 is 2.32 bits per heavy atom. The van der Waals surface area contributed by atoms with Gasteiger partial charge in [-0.05, 0) is 91.0 Å². The molecule has 0 amide bonds. The molecule has 0 radical (unpaired) electrons.